The zero-order chi connectivity index (χ0) is 19.3. The summed E-state index contributed by atoms with van der Waals surface area (Å²) in [4.78, 5) is 15.0. The summed E-state index contributed by atoms with van der Waals surface area (Å²) in [6, 6.07) is 14.6. The lowest BCUT2D eigenvalue weighted by Gasteiger charge is -2.30. The van der Waals surface area contributed by atoms with Crippen molar-refractivity contribution in [3.8, 4) is 5.75 Å². The third-order valence-electron chi connectivity index (χ3n) is 5.98. The molecule has 0 aliphatic carbocycles. The van der Waals surface area contributed by atoms with Crippen LogP contribution >= 0.6 is 0 Å². The highest BCUT2D eigenvalue weighted by Crippen LogP contribution is 2.26. The minimum atomic E-state index is 0.0699. The molecule has 2 aromatic rings. The fraction of sp³-hybridized carbons (Fsp3) is 0.458. The molecule has 0 saturated carbocycles. The van der Waals surface area contributed by atoms with Crippen LogP contribution in [0.15, 0.2) is 42.5 Å². The van der Waals surface area contributed by atoms with Crippen LogP contribution in [-0.2, 0) is 30.7 Å². The van der Waals surface area contributed by atoms with E-state index < -0.39 is 0 Å². The highest BCUT2D eigenvalue weighted by molar-refractivity contribution is 5.78. The van der Waals surface area contributed by atoms with Gasteiger partial charge in [0.25, 0.3) is 0 Å². The highest BCUT2D eigenvalue weighted by Gasteiger charge is 2.17. The van der Waals surface area contributed by atoms with Crippen LogP contribution in [0.4, 0.5) is 0 Å². The van der Waals surface area contributed by atoms with Crippen LogP contribution in [0.5, 0.6) is 5.75 Å². The van der Waals surface area contributed by atoms with E-state index in [2.05, 4.69) is 47.5 Å². The average molecular weight is 379 g/mol. The summed E-state index contributed by atoms with van der Waals surface area (Å²) in [6.07, 6.45) is 3.92. The van der Waals surface area contributed by atoms with Gasteiger partial charge < -0.3 is 10.1 Å². The maximum Gasteiger partial charge on any atom is 0.224 e. The minimum Gasteiger partial charge on any atom is -0.493 e. The van der Waals surface area contributed by atoms with Crippen molar-refractivity contribution in [2.24, 2.45) is 5.92 Å². The Labute approximate surface area is 167 Å². The van der Waals surface area contributed by atoms with Gasteiger partial charge in [-0.05, 0) is 60.2 Å². The number of likely N-dealkylation sites (tertiary alicyclic amines) is 1. The lowest BCUT2D eigenvalue weighted by atomic mass is 9.98. The van der Waals surface area contributed by atoms with Crippen LogP contribution < -0.4 is 10.1 Å². The minimum absolute atomic E-state index is 0.0699. The van der Waals surface area contributed by atoms with Gasteiger partial charge in [-0.25, -0.2) is 0 Å². The van der Waals surface area contributed by atoms with Crippen molar-refractivity contribution in [2.45, 2.75) is 45.7 Å². The van der Waals surface area contributed by atoms with Crippen molar-refractivity contribution in [1.29, 1.82) is 0 Å². The zero-order valence-corrected chi connectivity index (χ0v) is 16.7. The van der Waals surface area contributed by atoms with Crippen molar-refractivity contribution < 1.29 is 9.53 Å². The van der Waals surface area contributed by atoms with Crippen LogP contribution in [-0.4, -0.2) is 30.5 Å². The summed E-state index contributed by atoms with van der Waals surface area (Å²) in [7, 11) is 0. The topological polar surface area (TPSA) is 41.6 Å². The Kier molecular flexibility index (Phi) is 5.96. The molecule has 0 bridgehead atoms. The Balaban J connectivity index is 1.32. The molecule has 0 atom stereocenters. The molecule has 1 fully saturated rings. The van der Waals surface area contributed by atoms with E-state index in [0.717, 1.165) is 36.8 Å². The van der Waals surface area contributed by atoms with E-state index in [0.29, 0.717) is 13.0 Å². The highest BCUT2D eigenvalue weighted by atomic mass is 16.5. The van der Waals surface area contributed by atoms with Crippen LogP contribution in [0.2, 0.25) is 0 Å². The standard InChI is InChI=1S/C24H30N2O2/c1-18-8-11-26(12-9-18)17-22-5-3-2-4-21(22)16-25-24(27)15-19-6-7-23-20(14-19)10-13-28-23/h2-7,14,18H,8-13,15-17H2,1H3,(H,25,27). The van der Waals surface area contributed by atoms with Gasteiger partial charge in [-0.15, -0.1) is 0 Å². The normalized spacial score (nSPS) is 17.2. The quantitative estimate of drug-likeness (QED) is 0.833. The van der Waals surface area contributed by atoms with Crippen LogP contribution in [0.1, 0.15) is 42.0 Å². The molecule has 2 aliphatic heterocycles. The fourth-order valence-corrected chi connectivity index (χ4v) is 4.14. The molecule has 0 aromatic heterocycles. The largest absolute Gasteiger partial charge is 0.493 e. The van der Waals surface area contributed by atoms with Crippen molar-refractivity contribution in [1.82, 2.24) is 10.2 Å². The first-order valence-electron chi connectivity index (χ1n) is 10.5. The van der Waals surface area contributed by atoms with Gasteiger partial charge in [-0.3, -0.25) is 9.69 Å². The Hall–Kier alpha value is -2.33. The molecule has 2 aromatic carbocycles. The molecule has 1 amide bonds. The van der Waals surface area contributed by atoms with E-state index in [9.17, 15) is 4.79 Å². The summed E-state index contributed by atoms with van der Waals surface area (Å²) >= 11 is 0. The number of nitrogens with zero attached hydrogens (tertiary/aromatic N) is 1. The van der Waals surface area contributed by atoms with Crippen LogP contribution in [0.3, 0.4) is 0 Å². The number of nitrogens with one attached hydrogen (secondary N) is 1. The number of amides is 1. The number of carbonyl (C=O) groups is 1. The van der Waals surface area contributed by atoms with Crippen LogP contribution in [0, 0.1) is 5.92 Å². The van der Waals surface area contributed by atoms with Gasteiger partial charge in [-0.2, -0.15) is 0 Å². The molecule has 1 saturated heterocycles. The SMILES string of the molecule is CC1CCN(Cc2ccccc2CNC(=O)Cc2ccc3c(c2)CCO3)CC1. The number of hydrogen-bond donors (Lipinski definition) is 1. The number of ether oxygens (including phenoxy) is 1. The van der Waals surface area contributed by atoms with E-state index in [-0.39, 0.29) is 5.91 Å². The molecule has 4 heteroatoms. The van der Waals surface area contributed by atoms with Crippen molar-refractivity contribution >= 4 is 5.91 Å². The molecule has 0 spiro atoms. The monoisotopic (exact) mass is 378 g/mol. The lowest BCUT2D eigenvalue weighted by molar-refractivity contribution is -0.120. The molecule has 148 valence electrons. The number of carbonyl (C=O) groups excluding carboxylic acids is 1. The third-order valence-corrected chi connectivity index (χ3v) is 5.98. The smallest absolute Gasteiger partial charge is 0.224 e. The first kappa shape index (κ1) is 19.0. The first-order chi connectivity index (χ1) is 13.7. The predicted octanol–water partition coefficient (Wildman–Crippen LogP) is 3.71. The Morgan fingerprint density at radius 1 is 1.14 bits per heavy atom. The second-order valence-electron chi connectivity index (χ2n) is 8.22. The van der Waals surface area contributed by atoms with Crippen molar-refractivity contribution in [2.75, 3.05) is 19.7 Å². The molecule has 4 nitrogen and oxygen atoms in total. The zero-order valence-electron chi connectivity index (χ0n) is 16.7. The number of hydrogen-bond acceptors (Lipinski definition) is 3. The van der Waals surface area contributed by atoms with Crippen molar-refractivity contribution in [3.05, 3.63) is 64.7 Å². The summed E-state index contributed by atoms with van der Waals surface area (Å²) in [5.74, 6) is 1.88. The Bertz CT molecular complexity index is 825. The summed E-state index contributed by atoms with van der Waals surface area (Å²) in [5, 5.41) is 3.11. The van der Waals surface area contributed by atoms with Gasteiger partial charge in [0, 0.05) is 19.5 Å². The van der Waals surface area contributed by atoms with E-state index >= 15 is 0 Å². The molecule has 0 radical (unpaired) electrons. The fourth-order valence-electron chi connectivity index (χ4n) is 4.14. The summed E-state index contributed by atoms with van der Waals surface area (Å²) in [5.41, 5.74) is 4.81. The Morgan fingerprint density at radius 2 is 1.93 bits per heavy atom. The summed E-state index contributed by atoms with van der Waals surface area (Å²) in [6.45, 7) is 7.00. The van der Waals surface area contributed by atoms with Gasteiger partial charge in [0.05, 0.1) is 13.0 Å². The van der Waals surface area contributed by atoms with Crippen LogP contribution in [0.25, 0.3) is 0 Å². The molecule has 4 rings (SSSR count). The molecular weight excluding hydrogens is 348 g/mol. The Morgan fingerprint density at radius 3 is 2.75 bits per heavy atom. The van der Waals surface area contributed by atoms with Crippen molar-refractivity contribution in [3.63, 3.8) is 0 Å². The molecule has 2 heterocycles. The van der Waals surface area contributed by atoms with Gasteiger partial charge >= 0.3 is 0 Å². The van der Waals surface area contributed by atoms with E-state index in [4.69, 9.17) is 4.74 Å². The summed E-state index contributed by atoms with van der Waals surface area (Å²) < 4.78 is 5.54. The maximum absolute atomic E-state index is 12.5. The van der Waals surface area contributed by atoms with E-state index in [1.807, 2.05) is 12.1 Å². The second kappa shape index (κ2) is 8.78. The lowest BCUT2D eigenvalue weighted by Crippen LogP contribution is -2.33. The molecule has 28 heavy (non-hydrogen) atoms. The molecule has 1 N–H and O–H groups in total. The predicted molar refractivity (Wildman–Crippen MR) is 111 cm³/mol. The number of fused-ring (bicyclic) bond motifs is 1. The number of benzene rings is 2. The van der Waals surface area contributed by atoms with Gasteiger partial charge in [0.15, 0.2) is 0 Å². The molecular formula is C24H30N2O2. The maximum atomic E-state index is 12.5. The molecule has 0 unspecified atom stereocenters. The first-order valence-corrected chi connectivity index (χ1v) is 10.5. The van der Waals surface area contributed by atoms with Gasteiger partial charge in [-0.1, -0.05) is 43.3 Å². The van der Waals surface area contributed by atoms with E-state index in [1.54, 1.807) is 0 Å². The number of piperidine rings is 1. The number of rotatable bonds is 6. The van der Waals surface area contributed by atoms with Gasteiger partial charge in [0.1, 0.15) is 5.75 Å². The third kappa shape index (κ3) is 4.74. The van der Waals surface area contributed by atoms with Gasteiger partial charge in [0.2, 0.25) is 5.91 Å². The second-order valence-corrected chi connectivity index (χ2v) is 8.22. The molecule has 2 aliphatic rings. The average Bonchev–Trinajstić information content (AvgIpc) is 3.17. The van der Waals surface area contributed by atoms with E-state index in [1.165, 1.54) is 42.6 Å².